The third-order valence-corrected chi connectivity index (χ3v) is 5.88. The van der Waals surface area contributed by atoms with Crippen LogP contribution < -0.4 is 5.69 Å². The van der Waals surface area contributed by atoms with Crippen LogP contribution in [0, 0.1) is 0 Å². The molecule has 6 nitrogen and oxygen atoms in total. The summed E-state index contributed by atoms with van der Waals surface area (Å²) in [6.45, 7) is 2.43. The van der Waals surface area contributed by atoms with Crippen LogP contribution in [0.15, 0.2) is 29.3 Å². The second-order valence-electron chi connectivity index (χ2n) is 7.70. The molecule has 0 radical (unpaired) electrons. The summed E-state index contributed by atoms with van der Waals surface area (Å²) in [5.41, 5.74) is 5.80. The minimum Gasteiger partial charge on any atom is -0.381 e. The molecular formula is C20H24N4O2. The van der Waals surface area contributed by atoms with Crippen LogP contribution in [0.4, 0.5) is 0 Å². The quantitative estimate of drug-likeness (QED) is 0.725. The lowest BCUT2D eigenvalue weighted by atomic mass is 10.0. The molecule has 136 valence electrons. The molecule has 0 amide bonds. The van der Waals surface area contributed by atoms with Crippen molar-refractivity contribution in [1.82, 2.24) is 18.7 Å². The number of ether oxygens (including phenoxy) is 1. The standard InChI is InChI=1S/C20H24N4O2/c1-22-16-6-3-13(9-17(16)23(2)20(22)25)10-24-12-21-18(14-4-5-14)19(24)15-7-8-26-11-15/h3,6,9,12,14-15H,4-5,7-8,10-11H2,1-2H3. The summed E-state index contributed by atoms with van der Waals surface area (Å²) in [5.74, 6) is 1.10. The maximum atomic E-state index is 12.2. The zero-order chi connectivity index (χ0) is 17.8. The Hall–Kier alpha value is -2.34. The number of hydrogen-bond donors (Lipinski definition) is 0. The highest BCUT2D eigenvalue weighted by atomic mass is 16.5. The van der Waals surface area contributed by atoms with E-state index < -0.39 is 0 Å². The number of rotatable bonds is 4. The molecule has 6 heteroatoms. The highest BCUT2D eigenvalue weighted by Crippen LogP contribution is 2.43. The summed E-state index contributed by atoms with van der Waals surface area (Å²) in [5, 5.41) is 0. The first-order valence-corrected chi connectivity index (χ1v) is 9.40. The molecule has 1 aliphatic carbocycles. The fraction of sp³-hybridized carbons (Fsp3) is 0.500. The summed E-state index contributed by atoms with van der Waals surface area (Å²) >= 11 is 0. The average Bonchev–Trinajstić information content (AvgIpc) is 3.11. The highest BCUT2D eigenvalue weighted by Gasteiger charge is 2.33. The topological polar surface area (TPSA) is 54.0 Å². The van der Waals surface area contributed by atoms with Gasteiger partial charge in [-0.25, -0.2) is 9.78 Å². The molecule has 1 aliphatic heterocycles. The van der Waals surface area contributed by atoms with Gasteiger partial charge in [0.2, 0.25) is 0 Å². The molecule has 1 saturated carbocycles. The summed E-state index contributed by atoms with van der Waals surface area (Å²) in [6, 6.07) is 6.29. The van der Waals surface area contributed by atoms with Crippen molar-refractivity contribution in [3.05, 3.63) is 52.0 Å². The van der Waals surface area contributed by atoms with Crippen molar-refractivity contribution in [2.24, 2.45) is 14.1 Å². The lowest BCUT2D eigenvalue weighted by Gasteiger charge is -2.15. The SMILES string of the molecule is Cn1c(=O)n(C)c2cc(Cn3cnc(C4CC4)c3C3CCOC3)ccc21. The zero-order valence-electron chi connectivity index (χ0n) is 15.3. The summed E-state index contributed by atoms with van der Waals surface area (Å²) in [4.78, 5) is 16.9. The second-order valence-corrected chi connectivity index (χ2v) is 7.70. The molecule has 0 spiro atoms. The molecule has 26 heavy (non-hydrogen) atoms. The van der Waals surface area contributed by atoms with Crippen molar-refractivity contribution in [2.75, 3.05) is 13.2 Å². The first-order valence-electron chi connectivity index (χ1n) is 9.40. The largest absolute Gasteiger partial charge is 0.381 e. The second kappa shape index (κ2) is 5.84. The zero-order valence-corrected chi connectivity index (χ0v) is 15.3. The van der Waals surface area contributed by atoms with Gasteiger partial charge in [-0.1, -0.05) is 6.07 Å². The third kappa shape index (κ3) is 2.43. The van der Waals surface area contributed by atoms with E-state index in [0.717, 1.165) is 37.2 Å². The fourth-order valence-corrected chi connectivity index (χ4v) is 4.25. The van der Waals surface area contributed by atoms with Gasteiger partial charge in [0, 0.05) is 44.8 Å². The average molecular weight is 352 g/mol. The Morgan fingerprint density at radius 1 is 1.12 bits per heavy atom. The predicted octanol–water partition coefficient (Wildman–Crippen LogP) is 2.50. The molecule has 2 aliphatic rings. The van der Waals surface area contributed by atoms with Crippen LogP contribution in [0.5, 0.6) is 0 Å². The van der Waals surface area contributed by atoms with Crippen LogP contribution in [0.3, 0.4) is 0 Å². The van der Waals surface area contributed by atoms with E-state index in [4.69, 9.17) is 9.72 Å². The van der Waals surface area contributed by atoms with E-state index in [9.17, 15) is 4.79 Å². The highest BCUT2D eigenvalue weighted by molar-refractivity contribution is 5.76. The van der Waals surface area contributed by atoms with Gasteiger partial charge in [-0.05, 0) is 37.0 Å². The molecule has 1 saturated heterocycles. The van der Waals surface area contributed by atoms with E-state index in [-0.39, 0.29) is 5.69 Å². The maximum Gasteiger partial charge on any atom is 0.328 e. The number of imidazole rings is 2. The first kappa shape index (κ1) is 15.9. The van der Waals surface area contributed by atoms with Gasteiger partial charge in [-0.2, -0.15) is 0 Å². The number of aryl methyl sites for hydroxylation is 2. The molecule has 3 aromatic rings. The molecule has 1 unspecified atom stereocenters. The van der Waals surface area contributed by atoms with Crippen LogP contribution in [0.2, 0.25) is 0 Å². The van der Waals surface area contributed by atoms with Crippen molar-refractivity contribution >= 4 is 11.0 Å². The van der Waals surface area contributed by atoms with E-state index in [1.165, 1.54) is 29.8 Å². The number of benzene rings is 1. The van der Waals surface area contributed by atoms with Crippen LogP contribution in [-0.2, 0) is 25.4 Å². The van der Waals surface area contributed by atoms with E-state index in [1.54, 1.807) is 9.13 Å². The van der Waals surface area contributed by atoms with Crippen molar-refractivity contribution in [3.63, 3.8) is 0 Å². The smallest absolute Gasteiger partial charge is 0.328 e. The van der Waals surface area contributed by atoms with Gasteiger partial charge in [0.25, 0.3) is 0 Å². The Bertz CT molecular complexity index is 1030. The van der Waals surface area contributed by atoms with E-state index >= 15 is 0 Å². The van der Waals surface area contributed by atoms with Crippen LogP contribution in [0.25, 0.3) is 11.0 Å². The Balaban J connectivity index is 1.54. The Morgan fingerprint density at radius 2 is 1.92 bits per heavy atom. The van der Waals surface area contributed by atoms with Crippen molar-refractivity contribution in [2.45, 2.75) is 37.6 Å². The van der Waals surface area contributed by atoms with E-state index in [2.05, 4.69) is 16.7 Å². The predicted molar refractivity (Wildman–Crippen MR) is 99.6 cm³/mol. The number of hydrogen-bond acceptors (Lipinski definition) is 3. The van der Waals surface area contributed by atoms with Crippen molar-refractivity contribution in [3.8, 4) is 0 Å². The van der Waals surface area contributed by atoms with Crippen LogP contribution >= 0.6 is 0 Å². The Kier molecular flexibility index (Phi) is 3.57. The summed E-state index contributed by atoms with van der Waals surface area (Å²) < 4.78 is 11.4. The van der Waals surface area contributed by atoms with E-state index in [1.807, 2.05) is 26.5 Å². The van der Waals surface area contributed by atoms with Gasteiger partial charge in [0.15, 0.2) is 0 Å². The van der Waals surface area contributed by atoms with E-state index in [0.29, 0.717) is 11.8 Å². The molecule has 2 fully saturated rings. The van der Waals surface area contributed by atoms with Crippen molar-refractivity contribution in [1.29, 1.82) is 0 Å². The van der Waals surface area contributed by atoms with Gasteiger partial charge in [0.05, 0.1) is 29.7 Å². The molecule has 0 bridgehead atoms. The number of fused-ring (bicyclic) bond motifs is 1. The lowest BCUT2D eigenvalue weighted by Crippen LogP contribution is -2.19. The van der Waals surface area contributed by atoms with Crippen LogP contribution in [-0.4, -0.2) is 31.9 Å². The molecule has 1 aromatic carbocycles. The van der Waals surface area contributed by atoms with Gasteiger partial charge < -0.3 is 9.30 Å². The minimum atomic E-state index is 0.0135. The Labute approximate surface area is 152 Å². The van der Waals surface area contributed by atoms with Gasteiger partial charge in [-0.3, -0.25) is 9.13 Å². The number of aromatic nitrogens is 4. The van der Waals surface area contributed by atoms with Gasteiger partial charge >= 0.3 is 5.69 Å². The van der Waals surface area contributed by atoms with Gasteiger partial charge in [-0.15, -0.1) is 0 Å². The van der Waals surface area contributed by atoms with Gasteiger partial charge in [0.1, 0.15) is 0 Å². The molecule has 2 aromatic heterocycles. The molecule has 1 atom stereocenters. The van der Waals surface area contributed by atoms with Crippen molar-refractivity contribution < 1.29 is 4.74 Å². The first-order chi connectivity index (χ1) is 12.6. The fourth-order valence-electron chi connectivity index (χ4n) is 4.25. The molecule has 0 N–H and O–H groups in total. The minimum absolute atomic E-state index is 0.0135. The lowest BCUT2D eigenvalue weighted by molar-refractivity contribution is 0.193. The molecule has 5 rings (SSSR count). The summed E-state index contributed by atoms with van der Waals surface area (Å²) in [6.07, 6.45) is 5.60. The normalized spacial score (nSPS) is 20.3. The van der Waals surface area contributed by atoms with Crippen LogP contribution in [0.1, 0.15) is 48.0 Å². The summed E-state index contributed by atoms with van der Waals surface area (Å²) in [7, 11) is 3.65. The Morgan fingerprint density at radius 3 is 2.65 bits per heavy atom. The number of nitrogens with zero attached hydrogens (tertiary/aromatic N) is 4. The molecule has 3 heterocycles. The third-order valence-electron chi connectivity index (χ3n) is 5.88. The monoisotopic (exact) mass is 352 g/mol. The molecular weight excluding hydrogens is 328 g/mol. The maximum absolute atomic E-state index is 12.2.